The minimum atomic E-state index is -0.421. The maximum atomic E-state index is 12.8. The van der Waals surface area contributed by atoms with Gasteiger partial charge in [-0.15, -0.1) is 10.2 Å². The molecule has 1 unspecified atom stereocenters. The first-order chi connectivity index (χ1) is 14.9. The third-order valence-corrected chi connectivity index (χ3v) is 6.37. The van der Waals surface area contributed by atoms with E-state index >= 15 is 0 Å². The zero-order valence-electron chi connectivity index (χ0n) is 17.7. The van der Waals surface area contributed by atoms with Gasteiger partial charge in [-0.3, -0.25) is 9.59 Å². The Morgan fingerprint density at radius 3 is 2.77 bits per heavy atom. The number of rotatable bonds is 6. The van der Waals surface area contributed by atoms with Gasteiger partial charge in [-0.05, 0) is 43.2 Å². The fourth-order valence-electron chi connectivity index (χ4n) is 3.62. The topological polar surface area (TPSA) is 84.4 Å². The van der Waals surface area contributed by atoms with Crippen molar-refractivity contribution in [2.75, 3.05) is 23.9 Å². The lowest BCUT2D eigenvalue weighted by Crippen LogP contribution is -2.28. The number of methoxy groups -OCH3 is 1. The highest BCUT2D eigenvalue weighted by Gasteiger charge is 2.35. The van der Waals surface area contributed by atoms with Gasteiger partial charge in [0.05, 0.1) is 13.0 Å². The van der Waals surface area contributed by atoms with Crippen LogP contribution in [0.4, 0.5) is 10.8 Å². The predicted octanol–water partition coefficient (Wildman–Crippen LogP) is 3.75. The molecule has 4 rings (SSSR count). The van der Waals surface area contributed by atoms with E-state index in [1.165, 1.54) is 16.9 Å². The third-order valence-electron chi connectivity index (χ3n) is 5.53. The number of amides is 2. The van der Waals surface area contributed by atoms with Crippen LogP contribution in [0.3, 0.4) is 0 Å². The Hall–Kier alpha value is -3.26. The Morgan fingerprint density at radius 1 is 1.19 bits per heavy atom. The molecule has 7 nitrogen and oxygen atoms in total. The van der Waals surface area contributed by atoms with Crippen molar-refractivity contribution in [3.05, 3.63) is 64.2 Å². The average molecular weight is 437 g/mol. The summed E-state index contributed by atoms with van der Waals surface area (Å²) in [4.78, 5) is 27.0. The number of anilines is 2. The smallest absolute Gasteiger partial charge is 0.231 e. The number of carbonyl (C=O) groups excluding carboxylic acids is 2. The summed E-state index contributed by atoms with van der Waals surface area (Å²) in [5, 5.41) is 12.3. The lowest BCUT2D eigenvalue weighted by molar-refractivity contribution is -0.122. The number of nitrogens with one attached hydrogen (secondary N) is 1. The summed E-state index contributed by atoms with van der Waals surface area (Å²) in [6, 6.07) is 13.6. The molecule has 1 N–H and O–H groups in total. The van der Waals surface area contributed by atoms with Gasteiger partial charge in [-0.1, -0.05) is 35.6 Å². The Labute approximate surface area is 185 Å². The summed E-state index contributed by atoms with van der Waals surface area (Å²) in [6.07, 6.45) is 0.756. The van der Waals surface area contributed by atoms with Crippen molar-refractivity contribution >= 4 is 34.0 Å². The summed E-state index contributed by atoms with van der Waals surface area (Å²) in [7, 11) is 1.63. The van der Waals surface area contributed by atoms with E-state index < -0.39 is 5.92 Å². The second-order valence-electron chi connectivity index (χ2n) is 7.65. The van der Waals surface area contributed by atoms with Crippen molar-refractivity contribution in [3.8, 4) is 5.75 Å². The number of hydrogen-bond acceptors (Lipinski definition) is 6. The van der Waals surface area contributed by atoms with Crippen molar-refractivity contribution < 1.29 is 14.3 Å². The highest BCUT2D eigenvalue weighted by molar-refractivity contribution is 7.15. The van der Waals surface area contributed by atoms with Crippen LogP contribution in [0, 0.1) is 19.8 Å². The summed E-state index contributed by atoms with van der Waals surface area (Å²) in [5.74, 6) is 0.118. The Kier molecular flexibility index (Phi) is 5.99. The molecule has 160 valence electrons. The number of nitrogens with zero attached hydrogens (tertiary/aromatic N) is 3. The summed E-state index contributed by atoms with van der Waals surface area (Å²) < 4.78 is 5.38. The van der Waals surface area contributed by atoms with Gasteiger partial charge in [0.25, 0.3) is 0 Å². The van der Waals surface area contributed by atoms with Crippen LogP contribution in [0.2, 0.25) is 0 Å². The summed E-state index contributed by atoms with van der Waals surface area (Å²) in [5.41, 5.74) is 4.13. The summed E-state index contributed by atoms with van der Waals surface area (Å²) in [6.45, 7) is 4.41. The molecule has 0 bridgehead atoms. The van der Waals surface area contributed by atoms with Crippen molar-refractivity contribution in [1.82, 2.24) is 10.2 Å². The van der Waals surface area contributed by atoms with Crippen LogP contribution >= 0.6 is 11.3 Å². The van der Waals surface area contributed by atoms with Crippen molar-refractivity contribution in [3.63, 3.8) is 0 Å². The van der Waals surface area contributed by atoms with Gasteiger partial charge in [0.1, 0.15) is 10.8 Å². The van der Waals surface area contributed by atoms with E-state index in [1.54, 1.807) is 12.0 Å². The molecule has 8 heteroatoms. The van der Waals surface area contributed by atoms with E-state index in [4.69, 9.17) is 4.74 Å². The van der Waals surface area contributed by atoms with Crippen molar-refractivity contribution in [2.45, 2.75) is 26.7 Å². The number of para-hydroxylation sites is 1. The molecule has 1 aromatic heterocycles. The first-order valence-corrected chi connectivity index (χ1v) is 10.9. The number of hydrogen-bond donors (Lipinski definition) is 1. The number of aryl methyl sites for hydroxylation is 2. The fraction of sp³-hybridized carbons (Fsp3) is 0.304. The minimum absolute atomic E-state index is 0.0440. The van der Waals surface area contributed by atoms with Crippen molar-refractivity contribution in [2.24, 2.45) is 5.92 Å². The quantitative estimate of drug-likeness (QED) is 0.636. The van der Waals surface area contributed by atoms with E-state index in [9.17, 15) is 9.59 Å². The van der Waals surface area contributed by atoms with Crippen LogP contribution in [-0.2, 0) is 16.0 Å². The first kappa shape index (κ1) is 21.0. The molecule has 0 saturated carbocycles. The van der Waals surface area contributed by atoms with Crippen molar-refractivity contribution in [1.29, 1.82) is 0 Å². The van der Waals surface area contributed by atoms with E-state index in [1.807, 2.05) is 56.3 Å². The third kappa shape index (κ3) is 4.59. The van der Waals surface area contributed by atoms with E-state index in [-0.39, 0.29) is 18.2 Å². The molecule has 1 aliphatic rings. The lowest BCUT2D eigenvalue weighted by Gasteiger charge is -2.17. The van der Waals surface area contributed by atoms with Crippen LogP contribution in [-0.4, -0.2) is 35.7 Å². The molecule has 1 saturated heterocycles. The van der Waals surface area contributed by atoms with Crippen LogP contribution < -0.4 is 15.0 Å². The lowest BCUT2D eigenvalue weighted by atomic mass is 10.1. The fourth-order valence-corrected chi connectivity index (χ4v) is 4.39. The average Bonchev–Trinajstić information content (AvgIpc) is 3.36. The molecule has 1 atom stereocenters. The summed E-state index contributed by atoms with van der Waals surface area (Å²) >= 11 is 1.33. The predicted molar refractivity (Wildman–Crippen MR) is 121 cm³/mol. The highest BCUT2D eigenvalue weighted by Crippen LogP contribution is 2.29. The number of benzene rings is 2. The van der Waals surface area contributed by atoms with Gasteiger partial charge in [0.15, 0.2) is 0 Å². The second kappa shape index (κ2) is 8.85. The highest BCUT2D eigenvalue weighted by atomic mass is 32.1. The molecular weight excluding hydrogens is 412 g/mol. The number of ether oxygens (including phenoxy) is 1. The molecule has 2 aromatic carbocycles. The molecular formula is C23H24N4O3S. The van der Waals surface area contributed by atoms with Gasteiger partial charge in [0, 0.05) is 30.6 Å². The normalized spacial score (nSPS) is 15.9. The second-order valence-corrected chi connectivity index (χ2v) is 8.71. The minimum Gasteiger partial charge on any atom is -0.496 e. The molecule has 3 aromatic rings. The zero-order valence-corrected chi connectivity index (χ0v) is 18.5. The molecule has 0 aliphatic carbocycles. The van der Waals surface area contributed by atoms with Gasteiger partial charge < -0.3 is 15.0 Å². The Balaban J connectivity index is 1.40. The maximum absolute atomic E-state index is 12.8. The first-order valence-electron chi connectivity index (χ1n) is 10.1. The van der Waals surface area contributed by atoms with Crippen LogP contribution in [0.25, 0.3) is 0 Å². The maximum Gasteiger partial charge on any atom is 0.231 e. The van der Waals surface area contributed by atoms with E-state index in [0.717, 1.165) is 27.6 Å². The van der Waals surface area contributed by atoms with Crippen LogP contribution in [0.5, 0.6) is 5.75 Å². The van der Waals surface area contributed by atoms with E-state index in [2.05, 4.69) is 15.5 Å². The van der Waals surface area contributed by atoms with Gasteiger partial charge in [-0.25, -0.2) is 0 Å². The molecule has 2 amide bonds. The largest absolute Gasteiger partial charge is 0.496 e. The van der Waals surface area contributed by atoms with Gasteiger partial charge in [0.2, 0.25) is 16.9 Å². The molecule has 0 spiro atoms. The molecule has 1 fully saturated rings. The van der Waals surface area contributed by atoms with E-state index in [0.29, 0.717) is 18.1 Å². The number of carbonyl (C=O) groups is 2. The van der Waals surface area contributed by atoms with Gasteiger partial charge in [-0.2, -0.15) is 0 Å². The number of aromatic nitrogens is 2. The molecule has 2 heterocycles. The monoisotopic (exact) mass is 436 g/mol. The Morgan fingerprint density at radius 2 is 2.00 bits per heavy atom. The zero-order chi connectivity index (χ0) is 22.0. The molecule has 0 radical (unpaired) electrons. The SMILES string of the molecule is COc1ccccc1Cc1nnc(NC(=O)C2CC(=O)N(c3ccc(C)c(C)c3)C2)s1. The molecule has 31 heavy (non-hydrogen) atoms. The van der Waals surface area contributed by atoms with Crippen LogP contribution in [0.1, 0.15) is 28.1 Å². The standard InChI is InChI=1S/C23H24N4O3S/c1-14-8-9-18(10-15(14)2)27-13-17(12-21(27)28)22(29)24-23-26-25-20(31-23)11-16-6-4-5-7-19(16)30-3/h4-10,17H,11-13H2,1-3H3,(H,24,26,29). The van der Waals surface area contributed by atoms with Crippen LogP contribution in [0.15, 0.2) is 42.5 Å². The molecule has 1 aliphatic heterocycles. The van der Waals surface area contributed by atoms with Gasteiger partial charge >= 0.3 is 0 Å². The Bertz CT molecular complexity index is 1130.